The Hall–Kier alpha value is -2.24. The molecule has 1 rings (SSSR count). The first-order valence-electron chi connectivity index (χ1n) is 6.52. The molecule has 1 aromatic carbocycles. The normalized spacial score (nSPS) is 9.85. The van der Waals surface area contributed by atoms with Gasteiger partial charge in [0.25, 0.3) is 0 Å². The van der Waals surface area contributed by atoms with E-state index in [2.05, 4.69) is 10.6 Å². The minimum absolute atomic E-state index is 0.177. The Morgan fingerprint density at radius 2 is 2.05 bits per heavy atom. The van der Waals surface area contributed by atoms with Gasteiger partial charge in [0.1, 0.15) is 5.75 Å². The first kappa shape index (κ1) is 15.8. The zero-order valence-corrected chi connectivity index (χ0v) is 11.5. The van der Waals surface area contributed by atoms with Crippen LogP contribution in [0.4, 0.5) is 10.5 Å². The summed E-state index contributed by atoms with van der Waals surface area (Å²) in [6.45, 7) is 0.523. The summed E-state index contributed by atoms with van der Waals surface area (Å²) >= 11 is 0. The van der Waals surface area contributed by atoms with Crippen molar-refractivity contribution in [1.29, 1.82) is 0 Å². The molecule has 0 heterocycles. The van der Waals surface area contributed by atoms with Crippen molar-refractivity contribution < 1.29 is 19.4 Å². The maximum atomic E-state index is 11.6. The van der Waals surface area contributed by atoms with Gasteiger partial charge in [-0.25, -0.2) is 4.79 Å². The van der Waals surface area contributed by atoms with Gasteiger partial charge in [-0.05, 0) is 25.0 Å². The lowest BCUT2D eigenvalue weighted by Crippen LogP contribution is -2.29. The van der Waals surface area contributed by atoms with Crippen LogP contribution in [0.25, 0.3) is 0 Å². The summed E-state index contributed by atoms with van der Waals surface area (Å²) in [6, 6.07) is 6.81. The van der Waals surface area contributed by atoms with E-state index in [1.54, 1.807) is 31.4 Å². The van der Waals surface area contributed by atoms with E-state index in [0.717, 1.165) is 12.8 Å². The number of benzene rings is 1. The van der Waals surface area contributed by atoms with Crippen LogP contribution >= 0.6 is 0 Å². The van der Waals surface area contributed by atoms with Gasteiger partial charge in [0.05, 0.1) is 7.11 Å². The zero-order chi connectivity index (χ0) is 14.8. The third-order valence-corrected chi connectivity index (χ3v) is 2.68. The SMILES string of the molecule is COc1cccc(NC(=O)NCCCCCC(=O)O)c1. The molecule has 6 nitrogen and oxygen atoms in total. The van der Waals surface area contributed by atoms with Crippen molar-refractivity contribution in [2.24, 2.45) is 0 Å². The predicted molar refractivity (Wildman–Crippen MR) is 76.1 cm³/mol. The number of carboxylic acids is 1. The number of hydrogen-bond acceptors (Lipinski definition) is 3. The largest absolute Gasteiger partial charge is 0.497 e. The Morgan fingerprint density at radius 3 is 2.75 bits per heavy atom. The molecule has 0 aromatic heterocycles. The minimum Gasteiger partial charge on any atom is -0.497 e. The second-order valence-corrected chi connectivity index (χ2v) is 4.32. The molecule has 0 aliphatic carbocycles. The molecule has 20 heavy (non-hydrogen) atoms. The number of rotatable bonds is 8. The average Bonchev–Trinajstić information content (AvgIpc) is 2.42. The maximum Gasteiger partial charge on any atom is 0.319 e. The molecule has 0 aliphatic heterocycles. The minimum atomic E-state index is -0.784. The number of amides is 2. The van der Waals surface area contributed by atoms with Gasteiger partial charge in [0, 0.05) is 24.7 Å². The van der Waals surface area contributed by atoms with E-state index in [1.165, 1.54) is 0 Å². The number of anilines is 1. The van der Waals surface area contributed by atoms with Crippen LogP contribution in [0.15, 0.2) is 24.3 Å². The summed E-state index contributed by atoms with van der Waals surface area (Å²) in [6.07, 6.45) is 2.36. The fourth-order valence-corrected chi connectivity index (χ4v) is 1.66. The third-order valence-electron chi connectivity index (χ3n) is 2.68. The van der Waals surface area contributed by atoms with Gasteiger partial charge >= 0.3 is 12.0 Å². The number of unbranched alkanes of at least 4 members (excludes halogenated alkanes) is 2. The van der Waals surface area contributed by atoms with Crippen LogP contribution < -0.4 is 15.4 Å². The molecule has 2 amide bonds. The molecule has 0 spiro atoms. The molecule has 0 saturated heterocycles. The van der Waals surface area contributed by atoms with Crippen molar-refractivity contribution in [3.05, 3.63) is 24.3 Å². The van der Waals surface area contributed by atoms with Crippen LogP contribution in [0.1, 0.15) is 25.7 Å². The second-order valence-electron chi connectivity index (χ2n) is 4.32. The highest BCUT2D eigenvalue weighted by Gasteiger charge is 2.02. The highest BCUT2D eigenvalue weighted by molar-refractivity contribution is 5.89. The number of carbonyl (C=O) groups is 2. The predicted octanol–water partition coefficient (Wildman–Crippen LogP) is 2.46. The molecule has 110 valence electrons. The summed E-state index contributed by atoms with van der Waals surface area (Å²) in [4.78, 5) is 21.9. The van der Waals surface area contributed by atoms with Crippen molar-refractivity contribution in [2.75, 3.05) is 19.0 Å². The topological polar surface area (TPSA) is 87.7 Å². The number of aliphatic carboxylic acids is 1. The van der Waals surface area contributed by atoms with Gasteiger partial charge < -0.3 is 20.5 Å². The second kappa shape index (κ2) is 8.79. The van der Waals surface area contributed by atoms with Gasteiger partial charge in [0.2, 0.25) is 0 Å². The van der Waals surface area contributed by atoms with Crippen LogP contribution in [0.2, 0.25) is 0 Å². The van der Waals surface area contributed by atoms with Crippen molar-refractivity contribution >= 4 is 17.7 Å². The molecule has 0 atom stereocenters. The Balaban J connectivity index is 2.18. The van der Waals surface area contributed by atoms with Gasteiger partial charge in [-0.1, -0.05) is 12.5 Å². The molecular weight excluding hydrogens is 260 g/mol. The highest BCUT2D eigenvalue weighted by Crippen LogP contribution is 2.16. The maximum absolute atomic E-state index is 11.6. The van der Waals surface area contributed by atoms with Gasteiger partial charge in [0.15, 0.2) is 0 Å². The number of methoxy groups -OCH3 is 1. The molecular formula is C14H20N2O4. The molecule has 0 saturated carbocycles. The summed E-state index contributed by atoms with van der Waals surface area (Å²) < 4.78 is 5.06. The summed E-state index contributed by atoms with van der Waals surface area (Å²) in [7, 11) is 1.57. The molecule has 0 aliphatic rings. The molecule has 3 N–H and O–H groups in total. The van der Waals surface area contributed by atoms with Crippen LogP contribution in [0.3, 0.4) is 0 Å². The van der Waals surface area contributed by atoms with Gasteiger partial charge in [-0.15, -0.1) is 0 Å². The van der Waals surface area contributed by atoms with E-state index in [1.807, 2.05) is 0 Å². The quantitative estimate of drug-likeness (QED) is 0.638. The fraction of sp³-hybridized carbons (Fsp3) is 0.429. The lowest BCUT2D eigenvalue weighted by atomic mass is 10.2. The van der Waals surface area contributed by atoms with Gasteiger partial charge in [-0.3, -0.25) is 4.79 Å². The summed E-state index contributed by atoms with van der Waals surface area (Å²) in [5.74, 6) is -0.106. The first-order valence-corrected chi connectivity index (χ1v) is 6.52. The summed E-state index contributed by atoms with van der Waals surface area (Å²) in [5.41, 5.74) is 0.660. The number of carbonyl (C=O) groups excluding carboxylic acids is 1. The number of nitrogens with one attached hydrogen (secondary N) is 2. The third kappa shape index (κ3) is 6.63. The molecule has 0 bridgehead atoms. The Bertz CT molecular complexity index is 449. The van der Waals surface area contributed by atoms with E-state index in [4.69, 9.17) is 9.84 Å². The van der Waals surface area contributed by atoms with Crippen molar-refractivity contribution in [1.82, 2.24) is 5.32 Å². The number of urea groups is 1. The fourth-order valence-electron chi connectivity index (χ4n) is 1.66. The van der Waals surface area contributed by atoms with Crippen molar-refractivity contribution in [3.63, 3.8) is 0 Å². The number of ether oxygens (including phenoxy) is 1. The van der Waals surface area contributed by atoms with E-state index in [-0.39, 0.29) is 12.5 Å². The van der Waals surface area contributed by atoms with Crippen molar-refractivity contribution in [2.45, 2.75) is 25.7 Å². The van der Waals surface area contributed by atoms with E-state index >= 15 is 0 Å². The van der Waals surface area contributed by atoms with Crippen LogP contribution in [-0.2, 0) is 4.79 Å². The molecule has 1 aromatic rings. The first-order chi connectivity index (χ1) is 9.61. The lowest BCUT2D eigenvalue weighted by molar-refractivity contribution is -0.137. The monoisotopic (exact) mass is 280 g/mol. The van der Waals surface area contributed by atoms with Crippen LogP contribution in [0, 0.1) is 0 Å². The Kier molecular flexibility index (Phi) is 6.95. The zero-order valence-electron chi connectivity index (χ0n) is 11.5. The van der Waals surface area contributed by atoms with Crippen molar-refractivity contribution in [3.8, 4) is 5.75 Å². The Morgan fingerprint density at radius 1 is 1.25 bits per heavy atom. The molecule has 0 unspecified atom stereocenters. The summed E-state index contributed by atoms with van der Waals surface area (Å²) in [5, 5.41) is 13.9. The Labute approximate surface area is 118 Å². The van der Waals surface area contributed by atoms with Gasteiger partial charge in [-0.2, -0.15) is 0 Å². The average molecular weight is 280 g/mol. The molecule has 0 fully saturated rings. The number of hydrogen-bond donors (Lipinski definition) is 3. The lowest BCUT2D eigenvalue weighted by Gasteiger charge is -2.08. The van der Waals surface area contributed by atoms with Crippen LogP contribution in [-0.4, -0.2) is 30.8 Å². The highest BCUT2D eigenvalue weighted by atomic mass is 16.5. The van der Waals surface area contributed by atoms with Crippen LogP contribution in [0.5, 0.6) is 5.75 Å². The van der Waals surface area contributed by atoms with E-state index in [0.29, 0.717) is 24.4 Å². The standard InChI is InChI=1S/C14H20N2O4/c1-20-12-7-5-6-11(10-12)16-14(19)15-9-4-2-3-8-13(17)18/h5-7,10H,2-4,8-9H2,1H3,(H,17,18)(H2,15,16,19). The molecule has 6 heteroatoms. The van der Waals surface area contributed by atoms with E-state index < -0.39 is 5.97 Å². The molecule has 0 radical (unpaired) electrons. The smallest absolute Gasteiger partial charge is 0.319 e. The van der Waals surface area contributed by atoms with E-state index in [9.17, 15) is 9.59 Å². The number of carboxylic acid groups (broad SMARTS) is 1.